The number of halogens is 1. The van der Waals surface area contributed by atoms with Crippen molar-refractivity contribution in [3.05, 3.63) is 29.6 Å². The molecule has 1 aromatic carbocycles. The molecule has 0 saturated carbocycles. The lowest BCUT2D eigenvalue weighted by atomic mass is 9.95. The molecule has 0 amide bonds. The maximum atomic E-state index is 13.1. The lowest BCUT2D eigenvalue weighted by molar-refractivity contribution is 0.428. The minimum absolute atomic E-state index is 0.157. The van der Waals surface area contributed by atoms with Gasteiger partial charge in [-0.1, -0.05) is 26.3 Å². The predicted molar refractivity (Wildman–Crippen MR) is 59.1 cm³/mol. The van der Waals surface area contributed by atoms with E-state index in [2.05, 4.69) is 13.8 Å². The number of hydrogen-bond donors (Lipinski definition) is 2. The maximum Gasteiger partial charge on any atom is 0.165 e. The number of rotatable bonds is 4. The summed E-state index contributed by atoms with van der Waals surface area (Å²) in [7, 11) is 0. The van der Waals surface area contributed by atoms with Crippen LogP contribution in [0.2, 0.25) is 0 Å². The van der Waals surface area contributed by atoms with E-state index in [9.17, 15) is 4.39 Å². The Morgan fingerprint density at radius 1 is 1.47 bits per heavy atom. The van der Waals surface area contributed by atoms with E-state index in [-0.39, 0.29) is 11.8 Å². The molecule has 1 rings (SSSR count). The summed E-state index contributed by atoms with van der Waals surface area (Å²) >= 11 is 0. The molecule has 3 N–H and O–H groups in total. The summed E-state index contributed by atoms with van der Waals surface area (Å²) in [4.78, 5) is 0. The second kappa shape index (κ2) is 5.12. The third-order valence-corrected chi connectivity index (χ3v) is 2.75. The molecule has 1 aromatic rings. The van der Waals surface area contributed by atoms with Gasteiger partial charge in [0.15, 0.2) is 11.6 Å². The molecule has 2 atom stereocenters. The molecule has 15 heavy (non-hydrogen) atoms. The molecule has 0 fully saturated rings. The van der Waals surface area contributed by atoms with Gasteiger partial charge in [-0.3, -0.25) is 0 Å². The fourth-order valence-electron chi connectivity index (χ4n) is 1.49. The van der Waals surface area contributed by atoms with Crippen molar-refractivity contribution in [2.45, 2.75) is 32.7 Å². The van der Waals surface area contributed by atoms with E-state index >= 15 is 0 Å². The Labute approximate surface area is 89.9 Å². The van der Waals surface area contributed by atoms with E-state index in [1.807, 2.05) is 0 Å². The van der Waals surface area contributed by atoms with Crippen molar-refractivity contribution in [1.29, 1.82) is 0 Å². The fraction of sp³-hybridized carbons (Fsp3) is 0.500. The largest absolute Gasteiger partial charge is 0.505 e. The van der Waals surface area contributed by atoms with Crippen molar-refractivity contribution >= 4 is 0 Å². The summed E-state index contributed by atoms with van der Waals surface area (Å²) in [5, 5.41) is 9.04. The van der Waals surface area contributed by atoms with Crippen LogP contribution in [0.5, 0.6) is 5.75 Å². The summed E-state index contributed by atoms with van der Waals surface area (Å²) < 4.78 is 13.1. The van der Waals surface area contributed by atoms with Gasteiger partial charge in [0.2, 0.25) is 0 Å². The average Bonchev–Trinajstić information content (AvgIpc) is 2.21. The van der Waals surface area contributed by atoms with Crippen LogP contribution in [0.15, 0.2) is 18.2 Å². The zero-order valence-corrected chi connectivity index (χ0v) is 9.20. The quantitative estimate of drug-likeness (QED) is 0.804. The summed E-state index contributed by atoms with van der Waals surface area (Å²) in [5.41, 5.74) is 6.68. The summed E-state index contributed by atoms with van der Waals surface area (Å²) in [5.74, 6) is -0.404. The Bertz CT molecular complexity index is 327. The fourth-order valence-corrected chi connectivity index (χ4v) is 1.49. The highest BCUT2D eigenvalue weighted by Crippen LogP contribution is 2.24. The van der Waals surface area contributed by atoms with E-state index in [1.54, 1.807) is 6.07 Å². The molecule has 0 saturated heterocycles. The SMILES string of the molecule is CCC(C)C[C@H](N)c1ccc(O)c(F)c1. The molecule has 3 heteroatoms. The van der Waals surface area contributed by atoms with Crippen molar-refractivity contribution in [3.8, 4) is 5.75 Å². The van der Waals surface area contributed by atoms with Gasteiger partial charge in [0, 0.05) is 6.04 Å². The van der Waals surface area contributed by atoms with Crippen LogP contribution in [0, 0.1) is 11.7 Å². The first-order valence-corrected chi connectivity index (χ1v) is 5.28. The van der Waals surface area contributed by atoms with Crippen LogP contribution in [0.3, 0.4) is 0 Å². The van der Waals surface area contributed by atoms with Gasteiger partial charge in [-0.05, 0) is 30.0 Å². The zero-order chi connectivity index (χ0) is 11.4. The third kappa shape index (κ3) is 3.20. The summed E-state index contributed by atoms with van der Waals surface area (Å²) in [6.45, 7) is 4.23. The van der Waals surface area contributed by atoms with Crippen molar-refractivity contribution in [2.24, 2.45) is 11.7 Å². The van der Waals surface area contributed by atoms with Crippen LogP contribution in [-0.4, -0.2) is 5.11 Å². The van der Waals surface area contributed by atoms with Gasteiger partial charge in [-0.25, -0.2) is 4.39 Å². The first kappa shape index (κ1) is 12.0. The van der Waals surface area contributed by atoms with Gasteiger partial charge in [-0.15, -0.1) is 0 Å². The van der Waals surface area contributed by atoms with Crippen LogP contribution >= 0.6 is 0 Å². The van der Waals surface area contributed by atoms with E-state index in [1.165, 1.54) is 12.1 Å². The minimum Gasteiger partial charge on any atom is -0.505 e. The average molecular weight is 211 g/mol. The molecular formula is C12H18FNO. The molecule has 0 spiro atoms. The summed E-state index contributed by atoms with van der Waals surface area (Å²) in [6, 6.07) is 4.17. The second-order valence-corrected chi connectivity index (χ2v) is 4.07. The number of benzene rings is 1. The van der Waals surface area contributed by atoms with Crippen molar-refractivity contribution in [2.75, 3.05) is 0 Å². The number of nitrogens with two attached hydrogens (primary N) is 1. The van der Waals surface area contributed by atoms with Gasteiger partial charge in [0.05, 0.1) is 0 Å². The summed E-state index contributed by atoms with van der Waals surface area (Å²) in [6.07, 6.45) is 1.90. The molecular weight excluding hydrogens is 193 g/mol. The Kier molecular flexibility index (Phi) is 4.09. The van der Waals surface area contributed by atoms with Crippen molar-refractivity contribution < 1.29 is 9.50 Å². The third-order valence-electron chi connectivity index (χ3n) is 2.75. The standard InChI is InChI=1S/C12H18FNO/c1-3-8(2)6-11(14)9-4-5-12(15)10(13)7-9/h4-5,7-8,11,15H,3,6,14H2,1-2H3/t8?,11-/m0/s1. The smallest absolute Gasteiger partial charge is 0.165 e. The van der Waals surface area contributed by atoms with Gasteiger partial charge >= 0.3 is 0 Å². The van der Waals surface area contributed by atoms with Crippen LogP contribution in [0.4, 0.5) is 4.39 Å². The van der Waals surface area contributed by atoms with Crippen LogP contribution in [0.1, 0.15) is 38.3 Å². The van der Waals surface area contributed by atoms with Crippen LogP contribution in [-0.2, 0) is 0 Å². The topological polar surface area (TPSA) is 46.2 Å². The first-order valence-electron chi connectivity index (χ1n) is 5.28. The van der Waals surface area contributed by atoms with Gasteiger partial charge < -0.3 is 10.8 Å². The molecule has 0 aliphatic carbocycles. The molecule has 0 heterocycles. The molecule has 0 aromatic heterocycles. The van der Waals surface area contributed by atoms with Gasteiger partial charge in [0.1, 0.15) is 0 Å². The first-order chi connectivity index (χ1) is 7.04. The van der Waals surface area contributed by atoms with E-state index in [0.717, 1.165) is 18.4 Å². The lowest BCUT2D eigenvalue weighted by Gasteiger charge is -2.16. The number of hydrogen-bond acceptors (Lipinski definition) is 2. The van der Waals surface area contributed by atoms with E-state index in [4.69, 9.17) is 10.8 Å². The van der Waals surface area contributed by atoms with Gasteiger partial charge in [-0.2, -0.15) is 0 Å². The molecule has 0 radical (unpaired) electrons. The number of phenolic OH excluding ortho intramolecular Hbond substituents is 1. The Hall–Kier alpha value is -1.09. The van der Waals surface area contributed by atoms with Crippen LogP contribution < -0.4 is 5.73 Å². The minimum atomic E-state index is -0.605. The predicted octanol–water partition coefficient (Wildman–Crippen LogP) is 2.97. The number of phenols is 1. The molecule has 0 aliphatic heterocycles. The maximum absolute atomic E-state index is 13.1. The molecule has 2 nitrogen and oxygen atoms in total. The van der Waals surface area contributed by atoms with Crippen LogP contribution in [0.25, 0.3) is 0 Å². The Balaban J connectivity index is 2.73. The zero-order valence-electron chi connectivity index (χ0n) is 9.20. The highest BCUT2D eigenvalue weighted by molar-refractivity contribution is 5.29. The molecule has 84 valence electrons. The second-order valence-electron chi connectivity index (χ2n) is 4.07. The highest BCUT2D eigenvalue weighted by Gasteiger charge is 2.11. The normalized spacial score (nSPS) is 14.9. The monoisotopic (exact) mass is 211 g/mol. The molecule has 0 aliphatic rings. The molecule has 0 bridgehead atoms. The number of aromatic hydroxyl groups is 1. The Morgan fingerprint density at radius 3 is 2.67 bits per heavy atom. The van der Waals surface area contributed by atoms with Crippen molar-refractivity contribution in [3.63, 3.8) is 0 Å². The van der Waals surface area contributed by atoms with Gasteiger partial charge in [0.25, 0.3) is 0 Å². The highest BCUT2D eigenvalue weighted by atomic mass is 19.1. The Morgan fingerprint density at radius 2 is 2.13 bits per heavy atom. The lowest BCUT2D eigenvalue weighted by Crippen LogP contribution is -2.13. The van der Waals surface area contributed by atoms with E-state index in [0.29, 0.717) is 5.92 Å². The van der Waals surface area contributed by atoms with Crippen molar-refractivity contribution in [1.82, 2.24) is 0 Å². The molecule has 1 unspecified atom stereocenters. The van der Waals surface area contributed by atoms with E-state index < -0.39 is 5.82 Å².